The molecule has 24 heavy (non-hydrogen) atoms. The molecule has 1 aliphatic rings. The Hall–Kier alpha value is -2.21. The molecule has 0 aromatic heterocycles. The quantitative estimate of drug-likeness (QED) is 0.898. The molecule has 0 fully saturated rings. The molecule has 0 spiro atoms. The number of nitrogens with zero attached hydrogens (tertiary/aromatic N) is 1. The van der Waals surface area contributed by atoms with E-state index in [4.69, 9.17) is 4.74 Å². The number of Topliss-reactive ketones (excluding diaryl/α,β-unsaturated/α-hetero) is 1. The van der Waals surface area contributed by atoms with Gasteiger partial charge in [0.1, 0.15) is 5.82 Å². The summed E-state index contributed by atoms with van der Waals surface area (Å²) in [6.45, 7) is 5.42. The van der Waals surface area contributed by atoms with Crippen molar-refractivity contribution in [2.75, 3.05) is 20.3 Å². The number of rotatable bonds is 5. The van der Waals surface area contributed by atoms with Gasteiger partial charge in [0.25, 0.3) is 5.91 Å². The summed E-state index contributed by atoms with van der Waals surface area (Å²) in [5.74, 6) is -2.22. The molecule has 0 saturated heterocycles. The SMILES string of the molecule is COCCN1C(=O)C(O)=C(C(=O)C(C)(C)C)C1c1ccccc1F. The number of amides is 1. The summed E-state index contributed by atoms with van der Waals surface area (Å²) >= 11 is 0. The van der Waals surface area contributed by atoms with Crippen LogP contribution in [0.5, 0.6) is 0 Å². The lowest BCUT2D eigenvalue weighted by Gasteiger charge is -2.28. The topological polar surface area (TPSA) is 66.8 Å². The first-order valence-corrected chi connectivity index (χ1v) is 7.72. The number of halogens is 1. The summed E-state index contributed by atoms with van der Waals surface area (Å²) in [5.41, 5.74) is -0.697. The molecule has 0 saturated carbocycles. The number of methoxy groups -OCH3 is 1. The van der Waals surface area contributed by atoms with Crippen molar-refractivity contribution in [3.05, 3.63) is 47.0 Å². The standard InChI is InChI=1S/C18H22FNO4/c1-18(2,3)16(22)13-14(11-7-5-6-8-12(11)19)20(9-10-24-4)17(23)15(13)21/h5-8,14,21H,9-10H2,1-4H3. The van der Waals surface area contributed by atoms with E-state index in [2.05, 4.69) is 0 Å². The molecule has 1 aromatic carbocycles. The largest absolute Gasteiger partial charge is 0.503 e. The fourth-order valence-corrected chi connectivity index (χ4v) is 2.73. The third-order valence-electron chi connectivity index (χ3n) is 3.97. The van der Waals surface area contributed by atoms with Gasteiger partial charge in [0.2, 0.25) is 0 Å². The minimum absolute atomic E-state index is 0.0614. The Balaban J connectivity index is 2.59. The van der Waals surface area contributed by atoms with Crippen molar-refractivity contribution in [3.8, 4) is 0 Å². The van der Waals surface area contributed by atoms with Crippen molar-refractivity contribution in [1.29, 1.82) is 0 Å². The number of aliphatic hydroxyl groups is 1. The van der Waals surface area contributed by atoms with Gasteiger partial charge in [0.05, 0.1) is 18.2 Å². The van der Waals surface area contributed by atoms with Crippen molar-refractivity contribution >= 4 is 11.7 Å². The van der Waals surface area contributed by atoms with Crippen LogP contribution in [0.3, 0.4) is 0 Å². The Kier molecular flexibility index (Phi) is 5.08. The number of carbonyl (C=O) groups excluding carboxylic acids is 2. The monoisotopic (exact) mass is 335 g/mol. The summed E-state index contributed by atoms with van der Waals surface area (Å²) in [5, 5.41) is 10.3. The molecule has 1 aliphatic heterocycles. The second-order valence-electron chi connectivity index (χ2n) is 6.76. The zero-order valence-corrected chi connectivity index (χ0v) is 14.3. The minimum atomic E-state index is -0.958. The van der Waals surface area contributed by atoms with E-state index in [1.807, 2.05) is 0 Å². The highest BCUT2D eigenvalue weighted by Crippen LogP contribution is 2.41. The van der Waals surface area contributed by atoms with Crippen molar-refractivity contribution < 1.29 is 23.8 Å². The number of hydrogen-bond acceptors (Lipinski definition) is 4. The highest BCUT2D eigenvalue weighted by Gasteiger charge is 2.46. The molecule has 1 unspecified atom stereocenters. The number of ketones is 1. The molecule has 1 aromatic rings. The molecule has 2 rings (SSSR count). The van der Waals surface area contributed by atoms with Crippen molar-refractivity contribution in [2.45, 2.75) is 26.8 Å². The van der Waals surface area contributed by atoms with Crippen molar-refractivity contribution in [3.63, 3.8) is 0 Å². The molecule has 1 heterocycles. The number of ether oxygens (including phenoxy) is 1. The first-order valence-electron chi connectivity index (χ1n) is 7.72. The average Bonchev–Trinajstić information content (AvgIpc) is 2.76. The van der Waals surface area contributed by atoms with Crippen molar-refractivity contribution in [2.24, 2.45) is 5.41 Å². The van der Waals surface area contributed by atoms with Crippen LogP contribution in [0.1, 0.15) is 32.4 Å². The number of hydrogen-bond donors (Lipinski definition) is 1. The summed E-state index contributed by atoms with van der Waals surface area (Å²) in [7, 11) is 1.48. The Morgan fingerprint density at radius 3 is 2.50 bits per heavy atom. The Morgan fingerprint density at radius 1 is 1.33 bits per heavy atom. The lowest BCUT2D eigenvalue weighted by atomic mass is 9.82. The molecule has 130 valence electrons. The Morgan fingerprint density at radius 2 is 1.96 bits per heavy atom. The number of carbonyl (C=O) groups is 2. The van der Waals surface area contributed by atoms with E-state index in [0.717, 1.165) is 0 Å². The predicted molar refractivity (Wildman–Crippen MR) is 86.8 cm³/mol. The molecule has 5 nitrogen and oxygen atoms in total. The van der Waals surface area contributed by atoms with Crippen LogP contribution in [-0.2, 0) is 14.3 Å². The van der Waals surface area contributed by atoms with Gasteiger partial charge in [-0.1, -0.05) is 39.0 Å². The molecule has 0 radical (unpaired) electrons. The van der Waals surface area contributed by atoms with Crippen LogP contribution in [0.25, 0.3) is 0 Å². The summed E-state index contributed by atoms with van der Waals surface area (Å²) in [6, 6.07) is 4.99. The molecular formula is C18H22FNO4. The summed E-state index contributed by atoms with van der Waals surface area (Å²) in [6.07, 6.45) is 0. The van der Waals surface area contributed by atoms with Gasteiger partial charge in [-0.2, -0.15) is 0 Å². The van der Waals surface area contributed by atoms with E-state index in [1.165, 1.54) is 30.2 Å². The van der Waals surface area contributed by atoms with Crippen LogP contribution < -0.4 is 0 Å². The maximum absolute atomic E-state index is 14.3. The third-order valence-corrected chi connectivity index (χ3v) is 3.97. The van der Waals surface area contributed by atoms with E-state index in [9.17, 15) is 19.1 Å². The van der Waals surface area contributed by atoms with Crippen molar-refractivity contribution in [1.82, 2.24) is 4.90 Å². The smallest absolute Gasteiger partial charge is 0.290 e. The second-order valence-corrected chi connectivity index (χ2v) is 6.76. The molecular weight excluding hydrogens is 313 g/mol. The van der Waals surface area contributed by atoms with E-state index in [-0.39, 0.29) is 30.1 Å². The van der Waals surface area contributed by atoms with Gasteiger partial charge < -0.3 is 14.7 Å². The van der Waals surface area contributed by atoms with Crippen LogP contribution in [-0.4, -0.2) is 42.0 Å². The Labute approximate surface area is 140 Å². The van der Waals surface area contributed by atoms with Crippen LogP contribution in [0.15, 0.2) is 35.6 Å². The van der Waals surface area contributed by atoms with Crippen LogP contribution in [0.4, 0.5) is 4.39 Å². The van der Waals surface area contributed by atoms with Gasteiger partial charge in [0.15, 0.2) is 11.5 Å². The van der Waals surface area contributed by atoms with Crippen LogP contribution in [0, 0.1) is 11.2 Å². The first kappa shape index (κ1) is 18.1. The molecule has 0 bridgehead atoms. The van der Waals surface area contributed by atoms with E-state index >= 15 is 0 Å². The van der Waals surface area contributed by atoms with Crippen LogP contribution in [0.2, 0.25) is 0 Å². The molecule has 1 atom stereocenters. The zero-order valence-electron chi connectivity index (χ0n) is 14.3. The van der Waals surface area contributed by atoms with Gasteiger partial charge in [-0.05, 0) is 6.07 Å². The maximum Gasteiger partial charge on any atom is 0.290 e. The van der Waals surface area contributed by atoms with Gasteiger partial charge in [0, 0.05) is 24.6 Å². The lowest BCUT2D eigenvalue weighted by Crippen LogP contribution is -2.35. The third kappa shape index (κ3) is 3.19. The van der Waals surface area contributed by atoms with Gasteiger partial charge in [-0.15, -0.1) is 0 Å². The van der Waals surface area contributed by atoms with E-state index in [1.54, 1.807) is 26.8 Å². The van der Waals surface area contributed by atoms with Gasteiger partial charge in [-0.25, -0.2) is 4.39 Å². The summed E-state index contributed by atoms with van der Waals surface area (Å²) in [4.78, 5) is 26.5. The zero-order chi connectivity index (χ0) is 18.1. The maximum atomic E-state index is 14.3. The van der Waals surface area contributed by atoms with E-state index < -0.39 is 28.9 Å². The fraction of sp³-hybridized carbons (Fsp3) is 0.444. The molecule has 6 heteroatoms. The fourth-order valence-electron chi connectivity index (χ4n) is 2.73. The normalized spacial score (nSPS) is 18.5. The predicted octanol–water partition coefficient (Wildman–Crippen LogP) is 2.78. The number of aliphatic hydroxyl groups excluding tert-OH is 1. The van der Waals surface area contributed by atoms with Gasteiger partial charge in [-0.3, -0.25) is 9.59 Å². The van der Waals surface area contributed by atoms with E-state index in [0.29, 0.717) is 0 Å². The second kappa shape index (κ2) is 6.73. The highest BCUT2D eigenvalue weighted by molar-refractivity contribution is 6.10. The van der Waals surface area contributed by atoms with Gasteiger partial charge >= 0.3 is 0 Å². The van der Waals surface area contributed by atoms with Crippen LogP contribution >= 0.6 is 0 Å². The highest BCUT2D eigenvalue weighted by atomic mass is 19.1. The minimum Gasteiger partial charge on any atom is -0.503 e. The Bertz CT molecular complexity index is 691. The molecule has 1 amide bonds. The first-order chi connectivity index (χ1) is 11.2. The molecule has 0 aliphatic carbocycles. The lowest BCUT2D eigenvalue weighted by molar-refractivity contribution is -0.130. The average molecular weight is 335 g/mol. The number of benzene rings is 1. The summed E-state index contributed by atoms with van der Waals surface area (Å²) < 4.78 is 19.3. The molecule has 1 N–H and O–H groups in total.